The number of carbonyl (C=O) groups excluding carboxylic acids is 1. The van der Waals surface area contributed by atoms with Crippen molar-refractivity contribution in [2.45, 2.75) is 45.1 Å². The van der Waals surface area contributed by atoms with Gasteiger partial charge in [-0.3, -0.25) is 0 Å². The zero-order valence-corrected chi connectivity index (χ0v) is 8.88. The van der Waals surface area contributed by atoms with Crippen molar-refractivity contribution in [2.75, 3.05) is 7.11 Å². The topological polar surface area (TPSA) is 26.3 Å². The van der Waals surface area contributed by atoms with Gasteiger partial charge in [-0.25, -0.2) is 0 Å². The molecule has 0 amide bonds. The molecule has 1 aliphatic carbocycles. The van der Waals surface area contributed by atoms with Gasteiger partial charge in [-0.15, -0.1) is 0 Å². The number of rotatable bonds is 3. The molecule has 0 aliphatic heterocycles. The molecule has 0 heterocycles. The Kier molecular flexibility index (Phi) is 3.48. The van der Waals surface area contributed by atoms with Crippen LogP contribution in [-0.4, -0.2) is 19.0 Å². The standard InChI is InChI=1S/C11H20O2/c1-9(2)10-5-4-6-11(7-10,8-12)13-3/h8-10H,4-7H2,1-3H3. The predicted molar refractivity (Wildman–Crippen MR) is 52.6 cm³/mol. The van der Waals surface area contributed by atoms with E-state index in [1.54, 1.807) is 7.11 Å². The minimum absolute atomic E-state index is 0.465. The van der Waals surface area contributed by atoms with Crippen LogP contribution in [0.2, 0.25) is 0 Å². The number of hydrogen-bond donors (Lipinski definition) is 0. The molecule has 1 rings (SSSR count). The van der Waals surface area contributed by atoms with Gasteiger partial charge in [0.1, 0.15) is 5.60 Å². The quantitative estimate of drug-likeness (QED) is 0.630. The summed E-state index contributed by atoms with van der Waals surface area (Å²) in [5.74, 6) is 1.31. The van der Waals surface area contributed by atoms with E-state index in [9.17, 15) is 4.79 Å². The Balaban J connectivity index is 2.63. The van der Waals surface area contributed by atoms with Crippen LogP contribution >= 0.6 is 0 Å². The van der Waals surface area contributed by atoms with Gasteiger partial charge in [0.15, 0.2) is 6.29 Å². The zero-order chi connectivity index (χ0) is 9.90. The van der Waals surface area contributed by atoms with Gasteiger partial charge in [0.25, 0.3) is 0 Å². The van der Waals surface area contributed by atoms with Crippen LogP contribution in [0.4, 0.5) is 0 Å². The molecule has 0 aromatic rings. The van der Waals surface area contributed by atoms with Crippen molar-refractivity contribution in [1.29, 1.82) is 0 Å². The fourth-order valence-corrected chi connectivity index (χ4v) is 2.22. The first kappa shape index (κ1) is 10.7. The molecular formula is C11H20O2. The minimum Gasteiger partial charge on any atom is -0.371 e. The number of aldehydes is 1. The lowest BCUT2D eigenvalue weighted by molar-refractivity contribution is -0.134. The largest absolute Gasteiger partial charge is 0.371 e. The molecule has 2 nitrogen and oxygen atoms in total. The van der Waals surface area contributed by atoms with Crippen LogP contribution in [0.1, 0.15) is 39.5 Å². The summed E-state index contributed by atoms with van der Waals surface area (Å²) < 4.78 is 5.34. The summed E-state index contributed by atoms with van der Waals surface area (Å²) in [6.07, 6.45) is 5.18. The third-order valence-corrected chi connectivity index (χ3v) is 3.35. The average molecular weight is 184 g/mol. The monoisotopic (exact) mass is 184 g/mol. The number of carbonyl (C=O) groups is 1. The Labute approximate surface area is 80.7 Å². The third kappa shape index (κ3) is 2.31. The van der Waals surface area contributed by atoms with E-state index in [0.29, 0.717) is 11.8 Å². The summed E-state index contributed by atoms with van der Waals surface area (Å²) in [7, 11) is 1.65. The number of ether oxygens (including phenoxy) is 1. The van der Waals surface area contributed by atoms with Crippen LogP contribution in [-0.2, 0) is 9.53 Å². The van der Waals surface area contributed by atoms with Gasteiger partial charge in [-0.2, -0.15) is 0 Å². The Bertz CT molecular complexity index is 177. The van der Waals surface area contributed by atoms with Gasteiger partial charge in [-0.1, -0.05) is 13.8 Å². The second kappa shape index (κ2) is 4.23. The molecule has 2 unspecified atom stereocenters. The molecule has 2 atom stereocenters. The molecule has 1 aliphatic rings. The number of methoxy groups -OCH3 is 1. The third-order valence-electron chi connectivity index (χ3n) is 3.35. The summed E-state index contributed by atoms with van der Waals surface area (Å²) in [4.78, 5) is 11.0. The van der Waals surface area contributed by atoms with Crippen molar-refractivity contribution in [2.24, 2.45) is 11.8 Å². The molecule has 1 fully saturated rings. The first-order valence-electron chi connectivity index (χ1n) is 5.15. The highest BCUT2D eigenvalue weighted by Crippen LogP contribution is 2.37. The molecule has 0 aromatic heterocycles. The molecule has 1 saturated carbocycles. The van der Waals surface area contributed by atoms with Crippen molar-refractivity contribution in [3.63, 3.8) is 0 Å². The highest BCUT2D eigenvalue weighted by Gasteiger charge is 2.36. The van der Waals surface area contributed by atoms with Crippen molar-refractivity contribution in [3.8, 4) is 0 Å². The summed E-state index contributed by atoms with van der Waals surface area (Å²) in [6, 6.07) is 0. The first-order chi connectivity index (χ1) is 6.13. The maximum absolute atomic E-state index is 11.0. The molecule has 13 heavy (non-hydrogen) atoms. The summed E-state index contributed by atoms with van der Waals surface area (Å²) >= 11 is 0. The van der Waals surface area contributed by atoms with Gasteiger partial charge in [-0.05, 0) is 37.5 Å². The van der Waals surface area contributed by atoms with E-state index in [0.717, 1.165) is 25.5 Å². The summed E-state index contributed by atoms with van der Waals surface area (Å²) in [5, 5.41) is 0. The molecular weight excluding hydrogens is 164 g/mol. The minimum atomic E-state index is -0.465. The van der Waals surface area contributed by atoms with Crippen molar-refractivity contribution in [3.05, 3.63) is 0 Å². The van der Waals surface area contributed by atoms with E-state index in [1.165, 1.54) is 6.42 Å². The van der Waals surface area contributed by atoms with E-state index < -0.39 is 5.60 Å². The van der Waals surface area contributed by atoms with E-state index in [2.05, 4.69) is 13.8 Å². The Morgan fingerprint density at radius 1 is 1.54 bits per heavy atom. The summed E-state index contributed by atoms with van der Waals surface area (Å²) in [6.45, 7) is 4.45. The van der Waals surface area contributed by atoms with Crippen LogP contribution in [0.5, 0.6) is 0 Å². The maximum Gasteiger partial charge on any atom is 0.151 e. The van der Waals surface area contributed by atoms with Crippen LogP contribution in [0.15, 0.2) is 0 Å². The van der Waals surface area contributed by atoms with Crippen LogP contribution in [0.25, 0.3) is 0 Å². The van der Waals surface area contributed by atoms with E-state index in [1.807, 2.05) is 0 Å². The lowest BCUT2D eigenvalue weighted by atomic mass is 9.74. The van der Waals surface area contributed by atoms with Crippen LogP contribution < -0.4 is 0 Å². The second-order valence-corrected chi connectivity index (χ2v) is 4.49. The molecule has 76 valence electrons. The molecule has 0 bridgehead atoms. The molecule has 2 heteroatoms. The summed E-state index contributed by atoms with van der Waals surface area (Å²) in [5.41, 5.74) is -0.465. The van der Waals surface area contributed by atoms with Gasteiger partial charge in [0.05, 0.1) is 0 Å². The molecule has 0 spiro atoms. The second-order valence-electron chi connectivity index (χ2n) is 4.49. The fourth-order valence-electron chi connectivity index (χ4n) is 2.22. The fraction of sp³-hybridized carbons (Fsp3) is 0.909. The predicted octanol–water partition coefficient (Wildman–Crippen LogP) is 2.42. The Morgan fingerprint density at radius 2 is 2.23 bits per heavy atom. The SMILES string of the molecule is COC1(C=O)CCCC(C(C)C)C1. The smallest absolute Gasteiger partial charge is 0.151 e. The molecule has 0 N–H and O–H groups in total. The van der Waals surface area contributed by atoms with Crippen molar-refractivity contribution in [1.82, 2.24) is 0 Å². The Hall–Kier alpha value is -0.370. The normalized spacial score (nSPS) is 34.9. The highest BCUT2D eigenvalue weighted by molar-refractivity contribution is 5.62. The highest BCUT2D eigenvalue weighted by atomic mass is 16.5. The van der Waals surface area contributed by atoms with Crippen LogP contribution in [0.3, 0.4) is 0 Å². The maximum atomic E-state index is 11.0. The van der Waals surface area contributed by atoms with Gasteiger partial charge >= 0.3 is 0 Å². The zero-order valence-electron chi connectivity index (χ0n) is 8.88. The first-order valence-corrected chi connectivity index (χ1v) is 5.15. The molecule has 0 aromatic carbocycles. The van der Waals surface area contributed by atoms with E-state index in [-0.39, 0.29) is 0 Å². The van der Waals surface area contributed by atoms with E-state index >= 15 is 0 Å². The van der Waals surface area contributed by atoms with Crippen molar-refractivity contribution < 1.29 is 9.53 Å². The lowest BCUT2D eigenvalue weighted by Gasteiger charge is -2.37. The van der Waals surface area contributed by atoms with Gasteiger partial charge < -0.3 is 9.53 Å². The van der Waals surface area contributed by atoms with Gasteiger partial charge in [0, 0.05) is 7.11 Å². The Morgan fingerprint density at radius 3 is 2.69 bits per heavy atom. The van der Waals surface area contributed by atoms with Gasteiger partial charge in [0.2, 0.25) is 0 Å². The van der Waals surface area contributed by atoms with Crippen LogP contribution in [0, 0.1) is 11.8 Å². The molecule has 0 radical (unpaired) electrons. The molecule has 0 saturated heterocycles. The van der Waals surface area contributed by atoms with Crippen molar-refractivity contribution >= 4 is 6.29 Å². The number of hydrogen-bond acceptors (Lipinski definition) is 2. The lowest BCUT2D eigenvalue weighted by Crippen LogP contribution is -2.40. The average Bonchev–Trinajstić information content (AvgIpc) is 2.18. The van der Waals surface area contributed by atoms with E-state index in [4.69, 9.17) is 4.74 Å².